The highest BCUT2D eigenvalue weighted by atomic mass is 32.1. The number of fused-ring (bicyclic) bond motifs is 2. The largest absolute Gasteiger partial charge is 0.212 e. The molecule has 4 aromatic rings. The third-order valence-corrected chi connectivity index (χ3v) is 9.15. The summed E-state index contributed by atoms with van der Waals surface area (Å²) in [6.45, 7) is 15.9. The predicted molar refractivity (Wildman–Crippen MR) is 176 cm³/mol. The summed E-state index contributed by atoms with van der Waals surface area (Å²) < 4.78 is 0. The number of rotatable bonds is 1. The Labute approximate surface area is 243 Å². The van der Waals surface area contributed by atoms with Gasteiger partial charge < -0.3 is 0 Å². The molecule has 0 saturated carbocycles. The van der Waals surface area contributed by atoms with Crippen molar-refractivity contribution in [3.05, 3.63) is 150 Å². The average Bonchev–Trinajstić information content (AvgIpc) is 3.45. The fourth-order valence-corrected chi connectivity index (χ4v) is 7.12. The van der Waals surface area contributed by atoms with Gasteiger partial charge in [-0.25, -0.2) is 0 Å². The summed E-state index contributed by atoms with van der Waals surface area (Å²) in [5.74, 6) is 0.190. The molecule has 0 fully saturated rings. The van der Waals surface area contributed by atoms with Gasteiger partial charge in [0.25, 0.3) is 0 Å². The fourth-order valence-electron chi connectivity index (χ4n) is 6.46. The fraction of sp³-hybridized carbons (Fsp3) is 0.231. The SMILES string of the molecule is Cc1cc(C(C)(C)C)cc(C)c1C1c2ccccc2C(=C=c2c(C)cc(=C3C=C[S+]=C3)cc2C)c2ccccc21. The number of hydrogen-bond acceptors (Lipinski definition) is 0. The minimum Gasteiger partial charge on any atom is -0.103 e. The quantitative estimate of drug-likeness (QED) is 0.151. The van der Waals surface area contributed by atoms with Gasteiger partial charge in [0, 0.05) is 28.4 Å². The first-order valence-electron chi connectivity index (χ1n) is 14.2. The topological polar surface area (TPSA) is 0 Å². The van der Waals surface area contributed by atoms with Crippen LogP contribution in [0.4, 0.5) is 0 Å². The van der Waals surface area contributed by atoms with E-state index in [4.69, 9.17) is 0 Å². The second-order valence-electron chi connectivity index (χ2n) is 12.4. The summed E-state index contributed by atoms with van der Waals surface area (Å²) in [6.07, 6.45) is 2.20. The second kappa shape index (κ2) is 10.0. The molecule has 0 atom stereocenters. The molecule has 1 aliphatic carbocycles. The minimum absolute atomic E-state index is 0.121. The molecule has 198 valence electrons. The standard InChI is InChI=1S/C39H37S/c1-24-18-29(28-16-17-40-23-28)19-25(2)35(24)22-36-31-12-8-10-14-33(31)38(34-15-11-9-13-32(34)36)37-26(3)20-30(21-27(37)4)39(5,6)7/h8-21,23,38H,1-7H3/q+1. The van der Waals surface area contributed by atoms with E-state index in [2.05, 4.69) is 144 Å². The number of allylic oxidation sites excluding steroid dienone is 1. The summed E-state index contributed by atoms with van der Waals surface area (Å²) in [7, 11) is 0. The molecule has 1 aliphatic heterocycles. The summed E-state index contributed by atoms with van der Waals surface area (Å²) in [5.41, 5.74) is 19.9. The van der Waals surface area contributed by atoms with Crippen LogP contribution in [0.5, 0.6) is 0 Å². The highest BCUT2D eigenvalue weighted by Crippen LogP contribution is 2.47. The van der Waals surface area contributed by atoms with Gasteiger partial charge in [-0.05, 0) is 94.0 Å². The van der Waals surface area contributed by atoms with E-state index < -0.39 is 0 Å². The zero-order valence-electron chi connectivity index (χ0n) is 24.6. The Kier molecular flexibility index (Phi) is 6.62. The molecule has 0 N–H and O–H groups in total. The maximum atomic E-state index is 3.95. The molecule has 6 rings (SSSR count). The van der Waals surface area contributed by atoms with Gasteiger partial charge in [0.2, 0.25) is 16.7 Å². The Balaban J connectivity index is 1.65. The van der Waals surface area contributed by atoms with Crippen LogP contribution in [0.25, 0.3) is 16.9 Å². The van der Waals surface area contributed by atoms with Gasteiger partial charge in [0.05, 0.1) is 0 Å². The van der Waals surface area contributed by atoms with Gasteiger partial charge in [0.15, 0.2) is 5.41 Å². The molecule has 0 radical (unpaired) electrons. The van der Waals surface area contributed by atoms with E-state index in [1.807, 2.05) is 0 Å². The van der Waals surface area contributed by atoms with Crippen LogP contribution in [0.3, 0.4) is 0 Å². The molecule has 0 unspecified atom stereocenters. The molecule has 0 amide bonds. The van der Waals surface area contributed by atoms with E-state index in [-0.39, 0.29) is 11.3 Å². The zero-order valence-corrected chi connectivity index (χ0v) is 25.5. The van der Waals surface area contributed by atoms with Crippen LogP contribution in [0.2, 0.25) is 0 Å². The van der Waals surface area contributed by atoms with E-state index in [9.17, 15) is 0 Å². The second-order valence-corrected chi connectivity index (χ2v) is 13.2. The van der Waals surface area contributed by atoms with Crippen molar-refractivity contribution in [1.29, 1.82) is 0 Å². The Bertz CT molecular complexity index is 1780. The van der Waals surface area contributed by atoms with Crippen molar-refractivity contribution in [2.75, 3.05) is 0 Å². The monoisotopic (exact) mass is 537 g/mol. The number of benzene rings is 4. The predicted octanol–water partition coefficient (Wildman–Crippen LogP) is 7.79. The van der Waals surface area contributed by atoms with Gasteiger partial charge in [-0.15, -0.1) is 5.73 Å². The van der Waals surface area contributed by atoms with Crippen molar-refractivity contribution in [2.24, 2.45) is 0 Å². The van der Waals surface area contributed by atoms with Crippen molar-refractivity contribution < 1.29 is 0 Å². The van der Waals surface area contributed by atoms with Crippen molar-refractivity contribution >= 4 is 33.6 Å². The molecule has 0 saturated heterocycles. The molecule has 0 spiro atoms. The Morgan fingerprint density at radius 3 is 1.75 bits per heavy atom. The molecule has 2 aliphatic rings. The summed E-state index contributed by atoms with van der Waals surface area (Å²) in [6, 6.07) is 27.4. The Hall–Kier alpha value is -3.77. The Morgan fingerprint density at radius 1 is 0.700 bits per heavy atom. The lowest BCUT2D eigenvalue weighted by molar-refractivity contribution is 0.588. The zero-order chi connectivity index (χ0) is 28.2. The van der Waals surface area contributed by atoms with Crippen LogP contribution in [0.15, 0.2) is 84.3 Å². The van der Waals surface area contributed by atoms with Crippen LogP contribution >= 0.6 is 0 Å². The van der Waals surface area contributed by atoms with Crippen molar-refractivity contribution in [3.8, 4) is 0 Å². The van der Waals surface area contributed by atoms with Crippen LogP contribution < -0.4 is 10.4 Å². The van der Waals surface area contributed by atoms with Gasteiger partial charge in [-0.1, -0.05) is 93.6 Å². The average molecular weight is 538 g/mol. The molecule has 0 aromatic heterocycles. The van der Waals surface area contributed by atoms with Gasteiger partial charge in [0.1, 0.15) is 0 Å². The summed E-state index contributed by atoms with van der Waals surface area (Å²) in [5, 5.41) is 6.84. The third-order valence-electron chi connectivity index (χ3n) is 8.47. The minimum atomic E-state index is 0.121. The van der Waals surface area contributed by atoms with E-state index in [0.29, 0.717) is 0 Å². The lowest BCUT2D eigenvalue weighted by atomic mass is 9.70. The van der Waals surface area contributed by atoms with Crippen LogP contribution in [0.1, 0.15) is 82.3 Å². The van der Waals surface area contributed by atoms with Gasteiger partial charge >= 0.3 is 0 Å². The molecular formula is C39H37S+. The summed E-state index contributed by atoms with van der Waals surface area (Å²) in [4.78, 5) is 0. The van der Waals surface area contributed by atoms with E-state index >= 15 is 0 Å². The van der Waals surface area contributed by atoms with Crippen LogP contribution in [-0.4, -0.2) is 5.37 Å². The van der Waals surface area contributed by atoms with Gasteiger partial charge in [-0.3, -0.25) is 0 Å². The van der Waals surface area contributed by atoms with Crippen LogP contribution in [0, 0.1) is 27.7 Å². The van der Waals surface area contributed by atoms with E-state index in [1.54, 1.807) is 11.4 Å². The first kappa shape index (κ1) is 26.5. The maximum Gasteiger partial charge on any atom is 0.212 e. The smallest absolute Gasteiger partial charge is 0.103 e. The lowest BCUT2D eigenvalue weighted by Gasteiger charge is -2.33. The first-order valence-corrected chi connectivity index (χ1v) is 15.2. The lowest BCUT2D eigenvalue weighted by Crippen LogP contribution is -2.20. The van der Waals surface area contributed by atoms with Crippen LogP contribution in [-0.2, 0) is 16.8 Å². The molecule has 1 heterocycles. The van der Waals surface area contributed by atoms with Crippen molar-refractivity contribution in [2.45, 2.75) is 59.8 Å². The highest BCUT2D eigenvalue weighted by Gasteiger charge is 2.32. The maximum absolute atomic E-state index is 3.95. The highest BCUT2D eigenvalue weighted by molar-refractivity contribution is 7.81. The third kappa shape index (κ3) is 4.54. The number of hydrogen-bond donors (Lipinski definition) is 0. The molecule has 40 heavy (non-hydrogen) atoms. The van der Waals surface area contributed by atoms with Gasteiger partial charge in [-0.2, -0.15) is 0 Å². The van der Waals surface area contributed by atoms with Crippen molar-refractivity contribution in [1.82, 2.24) is 0 Å². The molecule has 0 bridgehead atoms. The van der Waals surface area contributed by atoms with E-state index in [0.717, 1.165) is 0 Å². The Morgan fingerprint density at radius 2 is 1.25 bits per heavy atom. The molecular weight excluding hydrogens is 500 g/mol. The molecule has 0 nitrogen and oxygen atoms in total. The normalized spacial score (nSPS) is 15.7. The summed E-state index contributed by atoms with van der Waals surface area (Å²) >= 11 is 1.75. The first-order chi connectivity index (χ1) is 19.1. The van der Waals surface area contributed by atoms with E-state index in [1.165, 1.54) is 77.2 Å². The molecule has 1 heteroatoms. The van der Waals surface area contributed by atoms with Crippen molar-refractivity contribution in [3.63, 3.8) is 0 Å². The molecule has 4 aromatic carbocycles. The number of aryl methyl sites for hydroxylation is 4.